The number of rotatable bonds is 4. The van der Waals surface area contributed by atoms with Crippen LogP contribution in [0.4, 0.5) is 0 Å². The molecule has 0 radical (unpaired) electrons. The van der Waals surface area contributed by atoms with Gasteiger partial charge in [0.15, 0.2) is 5.58 Å². The summed E-state index contributed by atoms with van der Waals surface area (Å²) in [6.07, 6.45) is -0.0204. The van der Waals surface area contributed by atoms with Crippen LogP contribution in [0.1, 0.15) is 6.92 Å². The first-order valence-electron chi connectivity index (χ1n) is 6.59. The van der Waals surface area contributed by atoms with Crippen LogP contribution in [0.5, 0.6) is 5.75 Å². The number of oxazole rings is 1. The van der Waals surface area contributed by atoms with Crippen molar-refractivity contribution in [3.05, 3.63) is 48.5 Å². The van der Waals surface area contributed by atoms with Gasteiger partial charge in [-0.05, 0) is 31.2 Å². The number of ether oxygens (including phenoxy) is 1. The molecule has 4 nitrogen and oxygen atoms in total. The van der Waals surface area contributed by atoms with Crippen molar-refractivity contribution in [1.29, 1.82) is 0 Å². The molecule has 1 heterocycles. The summed E-state index contributed by atoms with van der Waals surface area (Å²) in [7, 11) is 0. The summed E-state index contributed by atoms with van der Waals surface area (Å²) < 4.78 is 11.4. The molecule has 0 aliphatic rings. The van der Waals surface area contributed by atoms with E-state index in [1.165, 1.54) is 0 Å². The smallest absolute Gasteiger partial charge is 0.227 e. The molecule has 102 valence electrons. The van der Waals surface area contributed by atoms with E-state index < -0.39 is 0 Å². The number of fused-ring (bicyclic) bond motifs is 1. The Morgan fingerprint density at radius 1 is 1.20 bits per heavy atom. The molecule has 1 unspecified atom stereocenters. The molecule has 0 bridgehead atoms. The quantitative estimate of drug-likeness (QED) is 0.789. The van der Waals surface area contributed by atoms with Gasteiger partial charge in [0, 0.05) is 18.2 Å². The second-order valence-electron chi connectivity index (χ2n) is 4.68. The zero-order valence-electron chi connectivity index (χ0n) is 11.2. The van der Waals surface area contributed by atoms with Gasteiger partial charge in [0.05, 0.1) is 0 Å². The maximum Gasteiger partial charge on any atom is 0.227 e. The molecule has 0 aliphatic heterocycles. The molecule has 0 aliphatic carbocycles. The predicted octanol–water partition coefficient (Wildman–Crippen LogP) is 3.22. The lowest BCUT2D eigenvalue weighted by atomic mass is 10.2. The van der Waals surface area contributed by atoms with Crippen molar-refractivity contribution in [1.82, 2.24) is 4.98 Å². The Labute approximate surface area is 117 Å². The highest BCUT2D eigenvalue weighted by Crippen LogP contribution is 2.27. The summed E-state index contributed by atoms with van der Waals surface area (Å²) in [4.78, 5) is 4.50. The van der Waals surface area contributed by atoms with Crippen molar-refractivity contribution in [2.75, 3.05) is 6.54 Å². The standard InChI is InChI=1S/C16H16N2O2/c1-11(10-17)19-13-7-8-15-14(9-13)18-16(20-15)12-5-3-2-4-6-12/h2-9,11H,10,17H2,1H3. The lowest BCUT2D eigenvalue weighted by Gasteiger charge is -2.11. The zero-order chi connectivity index (χ0) is 13.9. The van der Waals surface area contributed by atoms with Crippen molar-refractivity contribution in [2.24, 2.45) is 5.73 Å². The van der Waals surface area contributed by atoms with Crippen LogP contribution in [0.25, 0.3) is 22.6 Å². The maximum atomic E-state index is 5.75. The predicted molar refractivity (Wildman–Crippen MR) is 78.6 cm³/mol. The maximum absolute atomic E-state index is 5.75. The third-order valence-corrected chi connectivity index (χ3v) is 3.05. The van der Waals surface area contributed by atoms with Gasteiger partial charge in [-0.2, -0.15) is 0 Å². The van der Waals surface area contributed by atoms with Gasteiger partial charge in [0.1, 0.15) is 17.4 Å². The topological polar surface area (TPSA) is 61.3 Å². The summed E-state index contributed by atoms with van der Waals surface area (Å²) >= 11 is 0. The van der Waals surface area contributed by atoms with Crippen LogP contribution in [0, 0.1) is 0 Å². The molecule has 0 spiro atoms. The van der Waals surface area contributed by atoms with Crippen LogP contribution in [-0.2, 0) is 0 Å². The highest BCUT2D eigenvalue weighted by molar-refractivity contribution is 5.77. The Kier molecular flexibility index (Phi) is 3.39. The van der Waals surface area contributed by atoms with Gasteiger partial charge in [0.2, 0.25) is 5.89 Å². The van der Waals surface area contributed by atoms with Crippen LogP contribution in [-0.4, -0.2) is 17.6 Å². The molecule has 4 heteroatoms. The highest BCUT2D eigenvalue weighted by atomic mass is 16.5. The Morgan fingerprint density at radius 3 is 2.75 bits per heavy atom. The number of hydrogen-bond donors (Lipinski definition) is 1. The molecule has 0 saturated heterocycles. The van der Waals surface area contributed by atoms with E-state index >= 15 is 0 Å². The fourth-order valence-electron chi connectivity index (χ4n) is 1.97. The summed E-state index contributed by atoms with van der Waals surface area (Å²) in [5.74, 6) is 1.37. The number of nitrogens with zero attached hydrogens (tertiary/aromatic N) is 1. The van der Waals surface area contributed by atoms with Crippen molar-refractivity contribution in [3.63, 3.8) is 0 Å². The molecule has 2 N–H and O–H groups in total. The van der Waals surface area contributed by atoms with Gasteiger partial charge in [-0.25, -0.2) is 4.98 Å². The summed E-state index contributed by atoms with van der Waals surface area (Å²) in [5.41, 5.74) is 8.04. The van der Waals surface area contributed by atoms with E-state index in [1.807, 2.05) is 55.5 Å². The Balaban J connectivity index is 1.95. The lowest BCUT2D eigenvalue weighted by Crippen LogP contribution is -2.22. The second-order valence-corrected chi connectivity index (χ2v) is 4.68. The molecule has 1 aromatic heterocycles. The fourth-order valence-corrected chi connectivity index (χ4v) is 1.97. The van der Waals surface area contributed by atoms with Crippen molar-refractivity contribution in [2.45, 2.75) is 13.0 Å². The van der Waals surface area contributed by atoms with Gasteiger partial charge in [0.25, 0.3) is 0 Å². The zero-order valence-corrected chi connectivity index (χ0v) is 11.2. The van der Waals surface area contributed by atoms with Crippen molar-refractivity contribution < 1.29 is 9.15 Å². The second kappa shape index (κ2) is 5.35. The molecule has 0 saturated carbocycles. The van der Waals surface area contributed by atoms with E-state index in [0.717, 1.165) is 22.4 Å². The Bertz CT molecular complexity index is 707. The van der Waals surface area contributed by atoms with Gasteiger partial charge in [-0.15, -0.1) is 0 Å². The minimum atomic E-state index is -0.0204. The average Bonchev–Trinajstić information content (AvgIpc) is 2.91. The molecule has 20 heavy (non-hydrogen) atoms. The molecular weight excluding hydrogens is 252 g/mol. The summed E-state index contributed by atoms with van der Waals surface area (Å²) in [5, 5.41) is 0. The monoisotopic (exact) mass is 268 g/mol. The Hall–Kier alpha value is -2.33. The minimum Gasteiger partial charge on any atom is -0.489 e. The van der Waals surface area contributed by atoms with Gasteiger partial charge in [-0.1, -0.05) is 18.2 Å². The van der Waals surface area contributed by atoms with Crippen LogP contribution in [0.3, 0.4) is 0 Å². The number of aromatic nitrogens is 1. The van der Waals surface area contributed by atoms with Gasteiger partial charge >= 0.3 is 0 Å². The van der Waals surface area contributed by atoms with Crippen LogP contribution in [0.2, 0.25) is 0 Å². The molecule has 2 aromatic carbocycles. The van der Waals surface area contributed by atoms with E-state index in [0.29, 0.717) is 12.4 Å². The highest BCUT2D eigenvalue weighted by Gasteiger charge is 2.09. The molecular formula is C16H16N2O2. The van der Waals surface area contributed by atoms with Crippen LogP contribution in [0.15, 0.2) is 52.9 Å². The van der Waals surface area contributed by atoms with E-state index in [4.69, 9.17) is 14.9 Å². The third-order valence-electron chi connectivity index (χ3n) is 3.05. The fraction of sp³-hybridized carbons (Fsp3) is 0.188. The van der Waals surface area contributed by atoms with Crippen LogP contribution >= 0.6 is 0 Å². The number of benzene rings is 2. The van der Waals surface area contributed by atoms with E-state index in [-0.39, 0.29) is 6.10 Å². The molecule has 3 rings (SSSR count). The largest absolute Gasteiger partial charge is 0.489 e. The normalized spacial score (nSPS) is 12.5. The minimum absolute atomic E-state index is 0.0204. The average molecular weight is 268 g/mol. The lowest BCUT2D eigenvalue weighted by molar-refractivity contribution is 0.230. The first-order valence-corrected chi connectivity index (χ1v) is 6.59. The van der Waals surface area contributed by atoms with Crippen molar-refractivity contribution in [3.8, 4) is 17.2 Å². The van der Waals surface area contributed by atoms with Crippen molar-refractivity contribution >= 4 is 11.1 Å². The van der Waals surface area contributed by atoms with E-state index in [9.17, 15) is 0 Å². The molecule has 3 aromatic rings. The summed E-state index contributed by atoms with van der Waals surface area (Å²) in [6, 6.07) is 15.4. The first kappa shape index (κ1) is 12.7. The Morgan fingerprint density at radius 2 is 2.00 bits per heavy atom. The molecule has 1 atom stereocenters. The van der Waals surface area contributed by atoms with E-state index in [2.05, 4.69) is 4.98 Å². The molecule has 0 fully saturated rings. The van der Waals surface area contributed by atoms with Gasteiger partial charge < -0.3 is 14.9 Å². The number of nitrogens with two attached hydrogens (primary N) is 1. The van der Waals surface area contributed by atoms with Gasteiger partial charge in [-0.3, -0.25) is 0 Å². The molecule has 0 amide bonds. The summed E-state index contributed by atoms with van der Waals surface area (Å²) in [6.45, 7) is 2.41. The van der Waals surface area contributed by atoms with Crippen LogP contribution < -0.4 is 10.5 Å². The number of hydrogen-bond acceptors (Lipinski definition) is 4. The first-order chi connectivity index (χ1) is 9.76. The third kappa shape index (κ3) is 2.51. The SMILES string of the molecule is CC(CN)Oc1ccc2oc(-c3ccccc3)nc2c1. The van der Waals surface area contributed by atoms with E-state index in [1.54, 1.807) is 0 Å².